The molecule has 0 aliphatic carbocycles. The standard InChI is InChI=1S/C52H32O/c1-2-13-33(14-3-1)37-22-10-15-35-16-11-23-38(49(35)37)34-27-29-36(30-28-34)50-41-18-4-6-20-43(41)51(44-21-7-5-19-42(44)50)46-31-32-48-52-40(24-12-25-45(46)52)39-17-8-9-26-47(39)53-48/h1-32H. The van der Waals surface area contributed by atoms with Gasteiger partial charge in [-0.1, -0.05) is 176 Å². The van der Waals surface area contributed by atoms with Gasteiger partial charge in [-0.25, -0.2) is 0 Å². The molecule has 10 aromatic carbocycles. The summed E-state index contributed by atoms with van der Waals surface area (Å²) in [7, 11) is 0. The predicted molar refractivity (Wildman–Crippen MR) is 224 cm³/mol. The molecule has 0 amide bonds. The van der Waals surface area contributed by atoms with Gasteiger partial charge in [-0.3, -0.25) is 0 Å². The molecular formula is C52H32O. The zero-order valence-corrected chi connectivity index (χ0v) is 28.9. The first-order chi connectivity index (χ1) is 26.3. The average molecular weight is 673 g/mol. The molecule has 1 aliphatic heterocycles. The number of benzene rings is 10. The van der Waals surface area contributed by atoms with Gasteiger partial charge in [0, 0.05) is 10.9 Å². The molecule has 1 heterocycles. The number of fused-ring (bicyclic) bond motifs is 5. The number of hydrogen-bond acceptors (Lipinski definition) is 1. The molecule has 53 heavy (non-hydrogen) atoms. The Balaban J connectivity index is 1.11. The number of rotatable bonds is 4. The van der Waals surface area contributed by atoms with Gasteiger partial charge in [0.15, 0.2) is 0 Å². The molecule has 0 fully saturated rings. The lowest BCUT2D eigenvalue weighted by Crippen LogP contribution is -1.98. The van der Waals surface area contributed by atoms with Crippen LogP contribution in [0.15, 0.2) is 194 Å². The molecule has 0 atom stereocenters. The highest BCUT2D eigenvalue weighted by molar-refractivity contribution is 6.24. The molecule has 0 unspecified atom stereocenters. The summed E-state index contributed by atoms with van der Waals surface area (Å²) in [5.41, 5.74) is 12.2. The van der Waals surface area contributed by atoms with Gasteiger partial charge in [-0.2, -0.15) is 0 Å². The summed E-state index contributed by atoms with van der Waals surface area (Å²) in [6.45, 7) is 0. The summed E-state index contributed by atoms with van der Waals surface area (Å²) in [5.74, 6) is 1.81. The Morgan fingerprint density at radius 3 is 1.45 bits per heavy atom. The van der Waals surface area contributed by atoms with Crippen LogP contribution in [-0.2, 0) is 0 Å². The molecular weight excluding hydrogens is 641 g/mol. The van der Waals surface area contributed by atoms with E-state index in [1.165, 1.54) is 93.2 Å². The maximum atomic E-state index is 6.49. The Hall–Kier alpha value is -6.96. The number of hydrogen-bond donors (Lipinski definition) is 0. The van der Waals surface area contributed by atoms with Gasteiger partial charge >= 0.3 is 0 Å². The molecule has 0 saturated heterocycles. The molecule has 246 valence electrons. The summed E-state index contributed by atoms with van der Waals surface area (Å²) in [4.78, 5) is 0. The van der Waals surface area contributed by atoms with Crippen LogP contribution >= 0.6 is 0 Å². The molecule has 1 aliphatic rings. The van der Waals surface area contributed by atoms with E-state index in [-0.39, 0.29) is 0 Å². The predicted octanol–water partition coefficient (Wildman–Crippen LogP) is 14.7. The van der Waals surface area contributed by atoms with Crippen LogP contribution in [0, 0.1) is 0 Å². The van der Waals surface area contributed by atoms with Crippen molar-refractivity contribution in [2.75, 3.05) is 0 Å². The molecule has 0 aromatic heterocycles. The van der Waals surface area contributed by atoms with E-state index >= 15 is 0 Å². The Kier molecular flexibility index (Phi) is 6.62. The van der Waals surface area contributed by atoms with Crippen molar-refractivity contribution in [2.24, 2.45) is 0 Å². The van der Waals surface area contributed by atoms with Crippen molar-refractivity contribution in [1.82, 2.24) is 0 Å². The molecule has 1 heteroatoms. The monoisotopic (exact) mass is 672 g/mol. The number of para-hydroxylation sites is 1. The third-order valence-electron chi connectivity index (χ3n) is 11.1. The smallest absolute Gasteiger partial charge is 0.135 e. The number of ether oxygens (including phenoxy) is 1. The van der Waals surface area contributed by atoms with E-state index < -0.39 is 0 Å². The maximum absolute atomic E-state index is 6.49. The van der Waals surface area contributed by atoms with Gasteiger partial charge in [-0.05, 0) is 106 Å². The van der Waals surface area contributed by atoms with Gasteiger partial charge < -0.3 is 4.74 Å². The van der Waals surface area contributed by atoms with E-state index in [4.69, 9.17) is 4.74 Å². The van der Waals surface area contributed by atoms with Gasteiger partial charge in [0.2, 0.25) is 0 Å². The van der Waals surface area contributed by atoms with E-state index in [0.717, 1.165) is 17.1 Å². The summed E-state index contributed by atoms with van der Waals surface area (Å²) < 4.78 is 6.49. The second kappa shape index (κ2) is 11.8. The molecule has 0 saturated carbocycles. The topological polar surface area (TPSA) is 9.23 Å². The van der Waals surface area contributed by atoms with Crippen LogP contribution in [0.5, 0.6) is 11.5 Å². The van der Waals surface area contributed by atoms with Crippen molar-refractivity contribution in [3.05, 3.63) is 194 Å². The molecule has 0 radical (unpaired) electrons. The fraction of sp³-hybridized carbons (Fsp3) is 0. The van der Waals surface area contributed by atoms with Gasteiger partial charge in [0.25, 0.3) is 0 Å². The first-order valence-electron chi connectivity index (χ1n) is 18.3. The van der Waals surface area contributed by atoms with Crippen molar-refractivity contribution in [3.8, 4) is 67.1 Å². The molecule has 0 spiro atoms. The molecule has 0 N–H and O–H groups in total. The van der Waals surface area contributed by atoms with Crippen LogP contribution in [-0.4, -0.2) is 0 Å². The van der Waals surface area contributed by atoms with Crippen LogP contribution in [0.3, 0.4) is 0 Å². The van der Waals surface area contributed by atoms with Gasteiger partial charge in [0.05, 0.1) is 0 Å². The Morgan fingerprint density at radius 1 is 0.245 bits per heavy atom. The minimum atomic E-state index is 0.906. The zero-order valence-electron chi connectivity index (χ0n) is 28.9. The van der Waals surface area contributed by atoms with Crippen LogP contribution in [0.25, 0.3) is 98.7 Å². The van der Waals surface area contributed by atoms with Crippen LogP contribution in [0.4, 0.5) is 0 Å². The normalized spacial score (nSPS) is 11.9. The van der Waals surface area contributed by atoms with Gasteiger partial charge in [-0.15, -0.1) is 0 Å². The van der Waals surface area contributed by atoms with E-state index in [1.807, 2.05) is 6.07 Å². The minimum absolute atomic E-state index is 0.906. The summed E-state index contributed by atoms with van der Waals surface area (Å²) in [5, 5.41) is 9.86. The van der Waals surface area contributed by atoms with E-state index in [0.29, 0.717) is 0 Å². The highest BCUT2D eigenvalue weighted by atomic mass is 16.5. The van der Waals surface area contributed by atoms with Crippen LogP contribution in [0.2, 0.25) is 0 Å². The maximum Gasteiger partial charge on any atom is 0.135 e. The third-order valence-corrected chi connectivity index (χ3v) is 11.1. The summed E-state index contributed by atoms with van der Waals surface area (Å²) in [6.07, 6.45) is 0. The quantitative estimate of drug-likeness (QED) is 0.169. The lowest BCUT2D eigenvalue weighted by Gasteiger charge is -2.24. The second-order valence-electron chi connectivity index (χ2n) is 13.9. The van der Waals surface area contributed by atoms with Crippen LogP contribution in [0.1, 0.15) is 0 Å². The minimum Gasteiger partial charge on any atom is -0.456 e. The van der Waals surface area contributed by atoms with Crippen LogP contribution < -0.4 is 4.74 Å². The van der Waals surface area contributed by atoms with E-state index in [2.05, 4.69) is 188 Å². The average Bonchev–Trinajstić information content (AvgIpc) is 3.23. The zero-order chi connectivity index (χ0) is 34.9. The first kappa shape index (κ1) is 29.7. The molecule has 10 aromatic rings. The highest BCUT2D eigenvalue weighted by Crippen LogP contribution is 2.51. The Bertz CT molecular complexity index is 3000. The van der Waals surface area contributed by atoms with Crippen molar-refractivity contribution in [2.45, 2.75) is 0 Å². The Labute approximate surface area is 308 Å². The molecule has 11 rings (SSSR count). The first-order valence-corrected chi connectivity index (χ1v) is 18.3. The van der Waals surface area contributed by atoms with Crippen molar-refractivity contribution < 1.29 is 4.74 Å². The lowest BCUT2D eigenvalue weighted by atomic mass is 9.83. The Morgan fingerprint density at radius 2 is 0.755 bits per heavy atom. The second-order valence-corrected chi connectivity index (χ2v) is 13.9. The third kappa shape index (κ3) is 4.58. The fourth-order valence-corrected chi connectivity index (χ4v) is 8.78. The van der Waals surface area contributed by atoms with E-state index in [1.54, 1.807) is 0 Å². The SMILES string of the molecule is c1ccc(-c2cccc3cccc(-c4ccc(-c5c6ccccc6c(-c6ccc7c8c(cccc68)-c6ccccc6O7)c6ccccc56)cc4)c23)cc1. The fourth-order valence-electron chi connectivity index (χ4n) is 8.78. The van der Waals surface area contributed by atoms with Crippen molar-refractivity contribution in [1.29, 1.82) is 0 Å². The largest absolute Gasteiger partial charge is 0.456 e. The van der Waals surface area contributed by atoms with Crippen molar-refractivity contribution in [3.63, 3.8) is 0 Å². The van der Waals surface area contributed by atoms with Crippen molar-refractivity contribution >= 4 is 43.1 Å². The summed E-state index contributed by atoms with van der Waals surface area (Å²) in [6, 6.07) is 70.4. The molecule has 0 bridgehead atoms. The van der Waals surface area contributed by atoms with E-state index in [9.17, 15) is 0 Å². The lowest BCUT2D eigenvalue weighted by molar-refractivity contribution is 0.487. The van der Waals surface area contributed by atoms with Gasteiger partial charge in [0.1, 0.15) is 11.5 Å². The summed E-state index contributed by atoms with van der Waals surface area (Å²) >= 11 is 0. The molecule has 1 nitrogen and oxygen atoms in total. The highest BCUT2D eigenvalue weighted by Gasteiger charge is 2.24.